The fourth-order valence-corrected chi connectivity index (χ4v) is 3.05. The Morgan fingerprint density at radius 1 is 1.50 bits per heavy atom. The first-order valence-corrected chi connectivity index (χ1v) is 8.81. The molecule has 124 valence electrons. The predicted octanol–water partition coefficient (Wildman–Crippen LogP) is 1.39. The van der Waals surface area contributed by atoms with Crippen molar-refractivity contribution in [3.8, 4) is 0 Å². The van der Waals surface area contributed by atoms with E-state index in [1.165, 1.54) is 0 Å². The lowest BCUT2D eigenvalue weighted by Crippen LogP contribution is -2.39. The van der Waals surface area contributed by atoms with Crippen molar-refractivity contribution in [3.05, 3.63) is 16.1 Å². The minimum atomic E-state index is 0.471. The summed E-state index contributed by atoms with van der Waals surface area (Å²) in [6.07, 6.45) is 1.06. The van der Waals surface area contributed by atoms with E-state index in [1.807, 2.05) is 0 Å². The van der Waals surface area contributed by atoms with E-state index in [0.29, 0.717) is 18.4 Å². The number of nitrogens with two attached hydrogens (primary N) is 1. The Kier molecular flexibility index (Phi) is 7.08. The van der Waals surface area contributed by atoms with Crippen LogP contribution < -0.4 is 11.1 Å². The lowest BCUT2D eigenvalue weighted by molar-refractivity contribution is 0.0376. The first-order chi connectivity index (χ1) is 10.6. The number of morpholine rings is 1. The van der Waals surface area contributed by atoms with Crippen LogP contribution in [0.2, 0.25) is 0 Å². The van der Waals surface area contributed by atoms with Crippen LogP contribution in [0, 0.1) is 0 Å². The zero-order valence-electron chi connectivity index (χ0n) is 13.5. The zero-order valence-corrected chi connectivity index (χ0v) is 14.4. The Morgan fingerprint density at radius 2 is 2.27 bits per heavy atom. The molecule has 3 N–H and O–H groups in total. The van der Waals surface area contributed by atoms with Crippen LogP contribution >= 0.6 is 11.3 Å². The third-order valence-corrected chi connectivity index (χ3v) is 4.73. The van der Waals surface area contributed by atoms with Gasteiger partial charge in [0.25, 0.3) is 0 Å². The van der Waals surface area contributed by atoms with Gasteiger partial charge in [-0.25, -0.2) is 9.98 Å². The summed E-state index contributed by atoms with van der Waals surface area (Å²) >= 11 is 1.69. The van der Waals surface area contributed by atoms with Gasteiger partial charge in [0.2, 0.25) is 0 Å². The summed E-state index contributed by atoms with van der Waals surface area (Å²) < 4.78 is 5.33. The average molecular weight is 325 g/mol. The summed E-state index contributed by atoms with van der Waals surface area (Å²) in [6.45, 7) is 10.5. The summed E-state index contributed by atoms with van der Waals surface area (Å²) in [5, 5.41) is 6.38. The molecule has 0 radical (unpaired) electrons. The Hall–Kier alpha value is -1.18. The molecule has 22 heavy (non-hydrogen) atoms. The molecule has 0 aromatic carbocycles. The van der Waals surface area contributed by atoms with Gasteiger partial charge in [0.1, 0.15) is 0 Å². The van der Waals surface area contributed by atoms with Gasteiger partial charge in [-0.3, -0.25) is 4.90 Å². The standard InChI is InChI=1S/C15H27N5OS/c1-12(2)14-19-13(11-22-14)10-18-15(16)17-4-3-5-20-6-8-21-9-7-20/h11-12H,3-10H2,1-2H3,(H3,16,17,18). The van der Waals surface area contributed by atoms with Gasteiger partial charge in [0.15, 0.2) is 5.96 Å². The minimum absolute atomic E-state index is 0.471. The van der Waals surface area contributed by atoms with Gasteiger partial charge in [0.05, 0.1) is 30.5 Å². The van der Waals surface area contributed by atoms with Gasteiger partial charge in [-0.1, -0.05) is 13.8 Å². The number of hydrogen-bond donors (Lipinski definition) is 2. The van der Waals surface area contributed by atoms with Crippen LogP contribution in [0.3, 0.4) is 0 Å². The van der Waals surface area contributed by atoms with E-state index >= 15 is 0 Å². The van der Waals surface area contributed by atoms with Crippen LogP contribution in [0.4, 0.5) is 0 Å². The maximum Gasteiger partial charge on any atom is 0.188 e. The molecule has 1 aromatic heterocycles. The Bertz CT molecular complexity index is 468. The van der Waals surface area contributed by atoms with Crippen LogP contribution in [-0.4, -0.2) is 55.2 Å². The monoisotopic (exact) mass is 325 g/mol. The van der Waals surface area contributed by atoms with Crippen molar-refractivity contribution in [3.63, 3.8) is 0 Å². The smallest absolute Gasteiger partial charge is 0.188 e. The van der Waals surface area contributed by atoms with Crippen molar-refractivity contribution in [1.29, 1.82) is 0 Å². The van der Waals surface area contributed by atoms with E-state index in [4.69, 9.17) is 10.5 Å². The molecule has 0 saturated carbocycles. The highest BCUT2D eigenvalue weighted by atomic mass is 32.1. The third kappa shape index (κ3) is 5.90. The Balaban J connectivity index is 1.62. The summed E-state index contributed by atoms with van der Waals surface area (Å²) in [6, 6.07) is 0. The van der Waals surface area contributed by atoms with Gasteiger partial charge in [0, 0.05) is 30.9 Å². The van der Waals surface area contributed by atoms with E-state index in [-0.39, 0.29) is 0 Å². The molecule has 6 nitrogen and oxygen atoms in total. The summed E-state index contributed by atoms with van der Waals surface area (Å²) in [5.41, 5.74) is 6.88. The number of guanidine groups is 1. The Morgan fingerprint density at radius 3 is 2.95 bits per heavy atom. The molecular formula is C15H27N5OS. The molecular weight excluding hydrogens is 298 g/mol. The first kappa shape index (κ1) is 17.2. The highest BCUT2D eigenvalue weighted by Gasteiger charge is 2.09. The number of aliphatic imine (C=N–C) groups is 1. The number of nitrogens with zero attached hydrogens (tertiary/aromatic N) is 3. The van der Waals surface area contributed by atoms with Crippen LogP contribution in [0.25, 0.3) is 0 Å². The van der Waals surface area contributed by atoms with E-state index in [2.05, 4.69) is 39.4 Å². The average Bonchev–Trinajstić information content (AvgIpc) is 3.00. The van der Waals surface area contributed by atoms with Gasteiger partial charge in [-0.2, -0.15) is 0 Å². The normalized spacial score (nSPS) is 17.1. The zero-order chi connectivity index (χ0) is 15.8. The fourth-order valence-electron chi connectivity index (χ4n) is 2.23. The molecule has 7 heteroatoms. The summed E-state index contributed by atoms with van der Waals surface area (Å²) in [7, 11) is 0. The van der Waals surface area contributed by atoms with Crippen molar-refractivity contribution < 1.29 is 4.74 Å². The molecule has 2 rings (SSSR count). The van der Waals surface area contributed by atoms with Crippen LogP contribution in [-0.2, 0) is 11.3 Å². The van der Waals surface area contributed by atoms with Crippen LogP contribution in [0.5, 0.6) is 0 Å². The van der Waals surface area contributed by atoms with E-state index in [0.717, 1.165) is 56.5 Å². The number of thiazole rings is 1. The van der Waals surface area contributed by atoms with E-state index in [1.54, 1.807) is 11.3 Å². The summed E-state index contributed by atoms with van der Waals surface area (Å²) in [5.74, 6) is 0.972. The SMILES string of the molecule is CC(C)c1nc(CN=C(N)NCCCN2CCOCC2)cs1. The first-order valence-electron chi connectivity index (χ1n) is 7.93. The molecule has 1 saturated heterocycles. The number of nitrogens with one attached hydrogen (secondary N) is 1. The highest BCUT2D eigenvalue weighted by Crippen LogP contribution is 2.19. The van der Waals surface area contributed by atoms with Gasteiger partial charge < -0.3 is 15.8 Å². The molecule has 2 heterocycles. The van der Waals surface area contributed by atoms with Crippen molar-refractivity contribution in [2.45, 2.75) is 32.7 Å². The predicted molar refractivity (Wildman–Crippen MR) is 91.4 cm³/mol. The van der Waals surface area contributed by atoms with Gasteiger partial charge >= 0.3 is 0 Å². The molecule has 1 fully saturated rings. The minimum Gasteiger partial charge on any atom is -0.379 e. The molecule has 1 aliphatic heterocycles. The molecule has 0 spiro atoms. The molecule has 0 atom stereocenters. The maximum atomic E-state index is 5.89. The Labute approximate surface area is 136 Å². The van der Waals surface area contributed by atoms with Crippen LogP contribution in [0.1, 0.15) is 36.9 Å². The van der Waals surface area contributed by atoms with E-state index < -0.39 is 0 Å². The van der Waals surface area contributed by atoms with Crippen molar-refractivity contribution in [1.82, 2.24) is 15.2 Å². The molecule has 0 aliphatic carbocycles. The lowest BCUT2D eigenvalue weighted by atomic mass is 10.2. The molecule has 1 aromatic rings. The largest absolute Gasteiger partial charge is 0.379 e. The quantitative estimate of drug-likeness (QED) is 0.450. The van der Waals surface area contributed by atoms with E-state index in [9.17, 15) is 0 Å². The maximum absolute atomic E-state index is 5.89. The lowest BCUT2D eigenvalue weighted by Gasteiger charge is -2.26. The van der Waals surface area contributed by atoms with Crippen molar-refractivity contribution in [2.75, 3.05) is 39.4 Å². The second-order valence-corrected chi connectivity index (χ2v) is 6.66. The molecule has 0 unspecified atom stereocenters. The second-order valence-electron chi connectivity index (χ2n) is 5.77. The number of aromatic nitrogens is 1. The number of ether oxygens (including phenoxy) is 1. The number of hydrogen-bond acceptors (Lipinski definition) is 5. The molecule has 0 amide bonds. The van der Waals surface area contributed by atoms with Crippen molar-refractivity contribution in [2.24, 2.45) is 10.7 Å². The van der Waals surface area contributed by atoms with Crippen LogP contribution in [0.15, 0.2) is 10.4 Å². The van der Waals surface area contributed by atoms with Gasteiger partial charge in [-0.15, -0.1) is 11.3 Å². The third-order valence-electron chi connectivity index (χ3n) is 3.54. The fraction of sp³-hybridized carbons (Fsp3) is 0.733. The topological polar surface area (TPSA) is 75.8 Å². The summed E-state index contributed by atoms with van der Waals surface area (Å²) in [4.78, 5) is 11.3. The highest BCUT2D eigenvalue weighted by molar-refractivity contribution is 7.09. The van der Waals surface area contributed by atoms with Gasteiger partial charge in [-0.05, 0) is 13.0 Å². The number of rotatable bonds is 7. The molecule has 0 bridgehead atoms. The van der Waals surface area contributed by atoms with Crippen molar-refractivity contribution >= 4 is 17.3 Å². The molecule has 1 aliphatic rings. The second kappa shape index (κ2) is 9.07.